The first-order valence-corrected chi connectivity index (χ1v) is 7.24. The summed E-state index contributed by atoms with van der Waals surface area (Å²) in [5.74, 6) is 0.575. The van der Waals surface area contributed by atoms with E-state index in [9.17, 15) is 4.79 Å². The number of rotatable bonds is 3. The zero-order valence-electron chi connectivity index (χ0n) is 11.3. The van der Waals surface area contributed by atoms with Gasteiger partial charge in [-0.15, -0.1) is 0 Å². The smallest absolute Gasteiger partial charge is 0.320 e. The largest absolute Gasteiger partial charge is 0.325 e. The van der Waals surface area contributed by atoms with Crippen molar-refractivity contribution in [2.24, 2.45) is 5.92 Å². The SMILES string of the molecule is CC(C)CN(C(=O)N1CCCCCC1)C1CC1. The lowest BCUT2D eigenvalue weighted by atomic mass is 10.2. The van der Waals surface area contributed by atoms with Crippen molar-refractivity contribution in [2.75, 3.05) is 19.6 Å². The number of hydrogen-bond acceptors (Lipinski definition) is 1. The zero-order valence-corrected chi connectivity index (χ0v) is 11.3. The molecule has 1 aliphatic heterocycles. The summed E-state index contributed by atoms with van der Waals surface area (Å²) in [7, 11) is 0. The molecule has 2 rings (SSSR count). The van der Waals surface area contributed by atoms with Gasteiger partial charge in [0.1, 0.15) is 0 Å². The Kier molecular flexibility index (Phi) is 4.30. The summed E-state index contributed by atoms with van der Waals surface area (Å²) in [6.07, 6.45) is 7.38. The van der Waals surface area contributed by atoms with E-state index in [1.54, 1.807) is 0 Å². The third-order valence-electron chi connectivity index (χ3n) is 3.67. The van der Waals surface area contributed by atoms with Crippen LogP contribution < -0.4 is 0 Å². The maximum atomic E-state index is 12.5. The molecule has 98 valence electrons. The first-order chi connectivity index (χ1) is 8.18. The van der Waals surface area contributed by atoms with E-state index >= 15 is 0 Å². The maximum Gasteiger partial charge on any atom is 0.320 e. The third-order valence-corrected chi connectivity index (χ3v) is 3.67. The summed E-state index contributed by atoms with van der Waals surface area (Å²) in [6, 6.07) is 0.858. The average molecular weight is 238 g/mol. The predicted molar refractivity (Wildman–Crippen MR) is 70.0 cm³/mol. The molecule has 0 spiro atoms. The van der Waals surface area contributed by atoms with Gasteiger partial charge in [0.2, 0.25) is 0 Å². The fourth-order valence-electron chi connectivity index (χ4n) is 2.61. The summed E-state index contributed by atoms with van der Waals surface area (Å²) in [5.41, 5.74) is 0. The van der Waals surface area contributed by atoms with Crippen molar-refractivity contribution in [1.82, 2.24) is 9.80 Å². The number of amides is 2. The average Bonchev–Trinajstić information content (AvgIpc) is 3.10. The van der Waals surface area contributed by atoms with Crippen LogP contribution in [0.1, 0.15) is 52.4 Å². The van der Waals surface area contributed by atoms with Gasteiger partial charge in [0, 0.05) is 25.7 Å². The highest BCUT2D eigenvalue weighted by Crippen LogP contribution is 2.29. The van der Waals surface area contributed by atoms with E-state index in [2.05, 4.69) is 23.6 Å². The molecule has 17 heavy (non-hydrogen) atoms. The van der Waals surface area contributed by atoms with E-state index in [1.807, 2.05) is 0 Å². The van der Waals surface area contributed by atoms with E-state index in [0.29, 0.717) is 18.0 Å². The van der Waals surface area contributed by atoms with Gasteiger partial charge in [-0.2, -0.15) is 0 Å². The highest BCUT2D eigenvalue weighted by molar-refractivity contribution is 5.75. The molecule has 2 aliphatic rings. The second kappa shape index (κ2) is 5.74. The standard InChI is InChI=1S/C14H26N2O/c1-12(2)11-16(13-7-8-13)14(17)15-9-5-3-4-6-10-15/h12-13H,3-11H2,1-2H3. The molecule has 0 aromatic heterocycles. The van der Waals surface area contributed by atoms with Crippen LogP contribution in [-0.4, -0.2) is 41.5 Å². The summed E-state index contributed by atoms with van der Waals surface area (Å²) in [6.45, 7) is 7.27. The molecule has 0 aromatic carbocycles. The summed E-state index contributed by atoms with van der Waals surface area (Å²) < 4.78 is 0. The van der Waals surface area contributed by atoms with Crippen molar-refractivity contribution >= 4 is 6.03 Å². The minimum atomic E-state index is 0.308. The van der Waals surface area contributed by atoms with Crippen molar-refractivity contribution in [3.63, 3.8) is 0 Å². The number of carbonyl (C=O) groups is 1. The van der Waals surface area contributed by atoms with Crippen molar-refractivity contribution < 1.29 is 4.79 Å². The first kappa shape index (κ1) is 12.7. The summed E-state index contributed by atoms with van der Waals surface area (Å²) in [4.78, 5) is 16.7. The molecular weight excluding hydrogens is 212 g/mol. The second-order valence-corrected chi connectivity index (χ2v) is 5.96. The quantitative estimate of drug-likeness (QED) is 0.741. The van der Waals surface area contributed by atoms with Crippen LogP contribution in [0.3, 0.4) is 0 Å². The summed E-state index contributed by atoms with van der Waals surface area (Å²) >= 11 is 0. The molecule has 0 aromatic rings. The van der Waals surface area contributed by atoms with Gasteiger partial charge >= 0.3 is 6.03 Å². The minimum Gasteiger partial charge on any atom is -0.325 e. The van der Waals surface area contributed by atoms with Crippen molar-refractivity contribution in [3.05, 3.63) is 0 Å². The van der Waals surface area contributed by atoms with Crippen LogP contribution in [0.2, 0.25) is 0 Å². The number of urea groups is 1. The first-order valence-electron chi connectivity index (χ1n) is 7.24. The van der Waals surface area contributed by atoms with Gasteiger partial charge in [-0.25, -0.2) is 4.79 Å². The molecular formula is C14H26N2O. The molecule has 0 radical (unpaired) electrons. The highest BCUT2D eigenvalue weighted by Gasteiger charge is 2.35. The zero-order chi connectivity index (χ0) is 12.3. The van der Waals surface area contributed by atoms with Crippen molar-refractivity contribution in [3.8, 4) is 0 Å². The van der Waals surface area contributed by atoms with Gasteiger partial charge in [-0.3, -0.25) is 0 Å². The molecule has 0 N–H and O–H groups in total. The highest BCUT2D eigenvalue weighted by atomic mass is 16.2. The van der Waals surface area contributed by atoms with Crippen molar-refractivity contribution in [2.45, 2.75) is 58.4 Å². The normalized spacial score (nSPS) is 21.5. The lowest BCUT2D eigenvalue weighted by Gasteiger charge is -2.31. The number of hydrogen-bond donors (Lipinski definition) is 0. The Morgan fingerprint density at radius 1 is 1.18 bits per heavy atom. The predicted octanol–water partition coefficient (Wildman–Crippen LogP) is 3.10. The Hall–Kier alpha value is -0.730. The Balaban J connectivity index is 1.94. The number of likely N-dealkylation sites (tertiary alicyclic amines) is 1. The molecule has 2 amide bonds. The van der Waals surface area contributed by atoms with Crippen molar-refractivity contribution in [1.29, 1.82) is 0 Å². The molecule has 2 fully saturated rings. The molecule has 0 unspecified atom stereocenters. The van der Waals surface area contributed by atoms with E-state index in [-0.39, 0.29) is 0 Å². The van der Waals surface area contributed by atoms with Gasteiger partial charge in [-0.1, -0.05) is 26.7 Å². The van der Waals surface area contributed by atoms with Crippen LogP contribution in [0.4, 0.5) is 4.79 Å². The molecule has 3 nitrogen and oxygen atoms in total. The Morgan fingerprint density at radius 3 is 2.24 bits per heavy atom. The van der Waals surface area contributed by atoms with Gasteiger partial charge in [0.25, 0.3) is 0 Å². The Labute approximate surface area is 105 Å². The fraction of sp³-hybridized carbons (Fsp3) is 0.929. The molecule has 1 aliphatic carbocycles. The third kappa shape index (κ3) is 3.62. The van der Waals surface area contributed by atoms with Crippen LogP contribution >= 0.6 is 0 Å². The summed E-state index contributed by atoms with van der Waals surface area (Å²) in [5, 5.41) is 0. The fourth-order valence-corrected chi connectivity index (χ4v) is 2.61. The lowest BCUT2D eigenvalue weighted by Crippen LogP contribution is -2.46. The van der Waals surface area contributed by atoms with E-state index in [0.717, 1.165) is 19.6 Å². The Bertz CT molecular complexity index is 253. The van der Waals surface area contributed by atoms with Crippen LogP contribution in [-0.2, 0) is 0 Å². The number of nitrogens with zero attached hydrogens (tertiary/aromatic N) is 2. The Morgan fingerprint density at radius 2 is 1.76 bits per heavy atom. The maximum absolute atomic E-state index is 12.5. The molecule has 1 heterocycles. The van der Waals surface area contributed by atoms with E-state index < -0.39 is 0 Å². The van der Waals surface area contributed by atoms with Crippen LogP contribution in [0.25, 0.3) is 0 Å². The van der Waals surface area contributed by atoms with Crippen LogP contribution in [0, 0.1) is 5.92 Å². The monoisotopic (exact) mass is 238 g/mol. The van der Waals surface area contributed by atoms with Gasteiger partial charge in [0.15, 0.2) is 0 Å². The molecule has 0 bridgehead atoms. The van der Waals surface area contributed by atoms with Gasteiger partial charge < -0.3 is 9.80 Å². The molecule has 0 atom stereocenters. The molecule has 1 saturated carbocycles. The minimum absolute atomic E-state index is 0.308. The van der Waals surface area contributed by atoms with Crippen LogP contribution in [0.5, 0.6) is 0 Å². The van der Waals surface area contributed by atoms with Gasteiger partial charge in [0.05, 0.1) is 0 Å². The lowest BCUT2D eigenvalue weighted by molar-refractivity contribution is 0.145. The van der Waals surface area contributed by atoms with Gasteiger partial charge in [-0.05, 0) is 31.6 Å². The second-order valence-electron chi connectivity index (χ2n) is 5.96. The van der Waals surface area contributed by atoms with Crippen LogP contribution in [0.15, 0.2) is 0 Å². The molecule has 1 saturated heterocycles. The number of carbonyl (C=O) groups excluding carboxylic acids is 1. The van der Waals surface area contributed by atoms with E-state index in [1.165, 1.54) is 38.5 Å². The molecule has 3 heteroatoms. The topological polar surface area (TPSA) is 23.6 Å². The van der Waals surface area contributed by atoms with E-state index in [4.69, 9.17) is 0 Å².